The first-order valence-corrected chi connectivity index (χ1v) is 5.13. The molecule has 0 N–H and O–H groups in total. The Kier molecular flexibility index (Phi) is 4.01. The molecule has 0 aliphatic carbocycles. The minimum Gasteiger partial charge on any atom is -0.457 e. The molecule has 0 aromatic carbocycles. The molecule has 0 unspecified atom stereocenters. The van der Waals surface area contributed by atoms with Gasteiger partial charge >= 0.3 is 5.97 Å². The molecule has 0 atom stereocenters. The fourth-order valence-corrected chi connectivity index (χ4v) is 0.995. The molecule has 0 amide bonds. The number of halogens is 1. The van der Waals surface area contributed by atoms with Gasteiger partial charge < -0.3 is 4.74 Å². The fourth-order valence-electron chi connectivity index (χ4n) is 0.898. The second kappa shape index (κ2) is 5.07. The molecule has 1 aromatic rings. The second-order valence-electron chi connectivity index (χ2n) is 4.13. The topological polar surface area (TPSA) is 52.1 Å². The maximum atomic E-state index is 11.3. The van der Waals surface area contributed by atoms with Gasteiger partial charge in [-0.1, -0.05) is 11.6 Å². The molecule has 1 rings (SSSR count). The van der Waals surface area contributed by atoms with Gasteiger partial charge in [0.15, 0.2) is 0 Å². The Balaban J connectivity index is 2.60. The van der Waals surface area contributed by atoms with Gasteiger partial charge in [-0.05, 0) is 26.8 Å². The summed E-state index contributed by atoms with van der Waals surface area (Å²) in [6.45, 7) is 5.42. The van der Waals surface area contributed by atoms with Crippen LogP contribution in [0.15, 0.2) is 18.5 Å². The summed E-state index contributed by atoms with van der Waals surface area (Å²) in [5.74, 6) is -0.413. The van der Waals surface area contributed by atoms with Gasteiger partial charge in [-0.2, -0.15) is 0 Å². The summed E-state index contributed by atoms with van der Waals surface area (Å²) in [6, 6.07) is 0. The zero-order chi connectivity index (χ0) is 12.2. The van der Waals surface area contributed by atoms with Crippen molar-refractivity contribution >= 4 is 23.6 Å². The number of carbonyl (C=O) groups is 1. The average Bonchev–Trinajstić information content (AvgIpc) is 2.14. The number of hydrogen-bond donors (Lipinski definition) is 0. The summed E-state index contributed by atoms with van der Waals surface area (Å²) >= 11 is 5.57. The van der Waals surface area contributed by atoms with Gasteiger partial charge in [-0.25, -0.2) is 9.78 Å². The largest absolute Gasteiger partial charge is 0.457 e. The van der Waals surface area contributed by atoms with Crippen molar-refractivity contribution in [2.75, 3.05) is 0 Å². The Morgan fingerprint density at radius 1 is 1.38 bits per heavy atom. The maximum absolute atomic E-state index is 11.3. The summed E-state index contributed by atoms with van der Waals surface area (Å²) in [4.78, 5) is 19.1. The Bertz CT molecular complexity index is 393. The van der Waals surface area contributed by atoms with Crippen molar-refractivity contribution in [3.8, 4) is 0 Å². The molecule has 0 bridgehead atoms. The SMILES string of the molecule is CC(C)(C)OC(=O)/C=C/c1cnc(Cl)cn1. The third-order valence-electron chi connectivity index (χ3n) is 1.44. The predicted octanol–water partition coefficient (Wildman–Crippen LogP) is 2.48. The molecule has 0 aliphatic heterocycles. The number of esters is 1. The van der Waals surface area contributed by atoms with Gasteiger partial charge in [0.2, 0.25) is 0 Å². The lowest BCUT2D eigenvalue weighted by Crippen LogP contribution is -2.22. The summed E-state index contributed by atoms with van der Waals surface area (Å²) in [6.07, 6.45) is 5.72. The zero-order valence-electron chi connectivity index (χ0n) is 9.40. The van der Waals surface area contributed by atoms with Crippen LogP contribution in [0.1, 0.15) is 26.5 Å². The highest BCUT2D eigenvalue weighted by Crippen LogP contribution is 2.08. The van der Waals surface area contributed by atoms with Crippen LogP contribution in [0.5, 0.6) is 0 Å². The van der Waals surface area contributed by atoms with Crippen LogP contribution in [0.2, 0.25) is 5.15 Å². The monoisotopic (exact) mass is 240 g/mol. The van der Waals surface area contributed by atoms with Crippen LogP contribution in [0.25, 0.3) is 6.08 Å². The smallest absolute Gasteiger partial charge is 0.331 e. The van der Waals surface area contributed by atoms with Crippen LogP contribution >= 0.6 is 11.6 Å². The lowest BCUT2D eigenvalue weighted by atomic mass is 10.2. The van der Waals surface area contributed by atoms with Gasteiger partial charge in [0.25, 0.3) is 0 Å². The Labute approximate surface area is 99.3 Å². The molecular formula is C11H13ClN2O2. The maximum Gasteiger partial charge on any atom is 0.331 e. The van der Waals surface area contributed by atoms with Crippen molar-refractivity contribution in [2.24, 2.45) is 0 Å². The molecule has 1 aromatic heterocycles. The van der Waals surface area contributed by atoms with E-state index in [1.807, 2.05) is 0 Å². The van der Waals surface area contributed by atoms with E-state index in [0.29, 0.717) is 10.8 Å². The number of rotatable bonds is 2. The molecule has 0 saturated carbocycles. The Morgan fingerprint density at radius 2 is 2.06 bits per heavy atom. The molecule has 16 heavy (non-hydrogen) atoms. The minimum atomic E-state index is -0.493. The van der Waals surface area contributed by atoms with Gasteiger partial charge in [-0.15, -0.1) is 0 Å². The van der Waals surface area contributed by atoms with Crippen LogP contribution in [-0.4, -0.2) is 21.5 Å². The zero-order valence-corrected chi connectivity index (χ0v) is 10.2. The molecule has 0 radical (unpaired) electrons. The average molecular weight is 241 g/mol. The van der Waals surface area contributed by atoms with E-state index >= 15 is 0 Å². The first-order chi connectivity index (χ1) is 7.37. The molecule has 0 fully saturated rings. The van der Waals surface area contributed by atoms with Crippen LogP contribution in [0, 0.1) is 0 Å². The molecule has 0 aliphatic rings. The van der Waals surface area contributed by atoms with Gasteiger partial charge in [-0.3, -0.25) is 4.98 Å². The third-order valence-corrected chi connectivity index (χ3v) is 1.63. The Hall–Kier alpha value is -1.42. The van der Waals surface area contributed by atoms with Crippen molar-refractivity contribution in [3.63, 3.8) is 0 Å². The highest BCUT2D eigenvalue weighted by molar-refractivity contribution is 6.29. The minimum absolute atomic E-state index is 0.314. The molecule has 0 spiro atoms. The van der Waals surface area contributed by atoms with E-state index in [4.69, 9.17) is 16.3 Å². The Morgan fingerprint density at radius 3 is 2.56 bits per heavy atom. The summed E-state index contributed by atoms with van der Waals surface area (Å²) in [5, 5.41) is 0.314. The van der Waals surface area contributed by atoms with E-state index in [0.717, 1.165) is 0 Å². The van der Waals surface area contributed by atoms with Crippen LogP contribution in [-0.2, 0) is 9.53 Å². The highest BCUT2D eigenvalue weighted by atomic mass is 35.5. The van der Waals surface area contributed by atoms with Gasteiger partial charge in [0.1, 0.15) is 10.8 Å². The van der Waals surface area contributed by atoms with E-state index in [1.54, 1.807) is 20.8 Å². The van der Waals surface area contributed by atoms with Crippen molar-refractivity contribution < 1.29 is 9.53 Å². The standard InChI is InChI=1S/C11H13ClN2O2/c1-11(2,3)16-10(15)5-4-8-6-14-9(12)7-13-8/h4-7H,1-3H3/b5-4+. The highest BCUT2D eigenvalue weighted by Gasteiger charge is 2.13. The van der Waals surface area contributed by atoms with Crippen molar-refractivity contribution in [1.82, 2.24) is 9.97 Å². The molecule has 5 heteroatoms. The van der Waals surface area contributed by atoms with E-state index in [2.05, 4.69) is 9.97 Å². The number of carbonyl (C=O) groups excluding carboxylic acids is 1. The normalized spacial score (nSPS) is 11.8. The molecule has 0 saturated heterocycles. The van der Waals surface area contributed by atoms with Crippen molar-refractivity contribution in [2.45, 2.75) is 26.4 Å². The quantitative estimate of drug-likeness (QED) is 0.589. The summed E-state index contributed by atoms with van der Waals surface area (Å²) in [5.41, 5.74) is 0.0582. The number of ether oxygens (including phenoxy) is 1. The number of aromatic nitrogens is 2. The van der Waals surface area contributed by atoms with E-state index in [9.17, 15) is 4.79 Å². The molecule has 1 heterocycles. The van der Waals surface area contributed by atoms with Crippen LogP contribution < -0.4 is 0 Å². The third kappa shape index (κ3) is 4.89. The lowest BCUT2D eigenvalue weighted by molar-refractivity contribution is -0.148. The van der Waals surface area contributed by atoms with E-state index < -0.39 is 11.6 Å². The molecule has 4 nitrogen and oxygen atoms in total. The first-order valence-electron chi connectivity index (χ1n) is 4.75. The van der Waals surface area contributed by atoms with Gasteiger partial charge in [0, 0.05) is 6.08 Å². The lowest BCUT2D eigenvalue weighted by Gasteiger charge is -2.17. The van der Waals surface area contributed by atoms with E-state index in [1.165, 1.54) is 24.5 Å². The first kappa shape index (κ1) is 12.6. The number of nitrogens with zero attached hydrogens (tertiary/aromatic N) is 2. The molecule has 86 valence electrons. The fraction of sp³-hybridized carbons (Fsp3) is 0.364. The summed E-state index contributed by atoms with van der Waals surface area (Å²) in [7, 11) is 0. The van der Waals surface area contributed by atoms with Crippen molar-refractivity contribution in [3.05, 3.63) is 29.3 Å². The van der Waals surface area contributed by atoms with Crippen LogP contribution in [0.3, 0.4) is 0 Å². The molecular weight excluding hydrogens is 228 g/mol. The van der Waals surface area contributed by atoms with Gasteiger partial charge in [0.05, 0.1) is 18.1 Å². The van der Waals surface area contributed by atoms with E-state index in [-0.39, 0.29) is 0 Å². The van der Waals surface area contributed by atoms with Crippen LogP contribution in [0.4, 0.5) is 0 Å². The van der Waals surface area contributed by atoms with Crippen molar-refractivity contribution in [1.29, 1.82) is 0 Å². The predicted molar refractivity (Wildman–Crippen MR) is 61.9 cm³/mol. The number of hydrogen-bond acceptors (Lipinski definition) is 4. The second-order valence-corrected chi connectivity index (χ2v) is 4.52. The summed E-state index contributed by atoms with van der Waals surface area (Å²) < 4.78 is 5.08.